The van der Waals surface area contributed by atoms with Gasteiger partial charge in [0.05, 0.1) is 0 Å². The van der Waals surface area contributed by atoms with Gasteiger partial charge >= 0.3 is 0 Å². The Labute approximate surface area is 154 Å². The van der Waals surface area contributed by atoms with Crippen LogP contribution in [-0.4, -0.2) is 20.9 Å². The van der Waals surface area contributed by atoms with Gasteiger partial charge in [-0.25, -0.2) is 0 Å². The first-order valence-electron chi connectivity index (χ1n) is 8.80. The number of ketones is 1. The van der Waals surface area contributed by atoms with E-state index in [4.69, 9.17) is 5.73 Å². The Bertz CT molecular complexity index is 1030. The van der Waals surface area contributed by atoms with Gasteiger partial charge in [0.2, 0.25) is 0 Å². The first-order valence-corrected chi connectivity index (χ1v) is 11.8. The highest BCUT2D eigenvalue weighted by atomic mass is 28.3. The monoisotopic (exact) mass is 358 g/mol. The molecule has 4 heteroatoms. The highest BCUT2D eigenvalue weighted by Crippen LogP contribution is 2.35. The van der Waals surface area contributed by atoms with Gasteiger partial charge < -0.3 is 11.1 Å². The van der Waals surface area contributed by atoms with Crippen LogP contribution in [0, 0.1) is 0 Å². The van der Waals surface area contributed by atoms with Crippen LogP contribution in [0.15, 0.2) is 66.3 Å². The third-order valence-electron chi connectivity index (χ3n) is 5.39. The summed E-state index contributed by atoms with van der Waals surface area (Å²) in [5.74, 6) is 0.0512. The molecular weight excluding hydrogens is 336 g/mol. The van der Waals surface area contributed by atoms with Gasteiger partial charge in [-0.15, -0.1) is 0 Å². The zero-order chi connectivity index (χ0) is 18.5. The van der Waals surface area contributed by atoms with Crippen LogP contribution in [0.5, 0.6) is 0 Å². The van der Waals surface area contributed by atoms with Crippen LogP contribution in [0.3, 0.4) is 0 Å². The molecule has 130 valence electrons. The topological polar surface area (TPSA) is 55.1 Å². The van der Waals surface area contributed by atoms with E-state index in [-0.39, 0.29) is 5.78 Å². The maximum atomic E-state index is 12.6. The molecule has 26 heavy (non-hydrogen) atoms. The van der Waals surface area contributed by atoms with E-state index in [0.717, 1.165) is 28.1 Å². The van der Waals surface area contributed by atoms with Crippen molar-refractivity contribution in [3.63, 3.8) is 0 Å². The van der Waals surface area contributed by atoms with Gasteiger partial charge in [0.15, 0.2) is 5.78 Å². The van der Waals surface area contributed by atoms with Crippen molar-refractivity contribution in [2.24, 2.45) is 0 Å². The molecule has 1 aliphatic carbocycles. The Morgan fingerprint density at radius 3 is 2.27 bits per heavy atom. The van der Waals surface area contributed by atoms with Crippen molar-refractivity contribution >= 4 is 41.2 Å². The number of rotatable bonds is 1. The lowest BCUT2D eigenvalue weighted by molar-refractivity contribution is -0.111. The number of allylic oxidation sites excluding steroid dienone is 5. The van der Waals surface area contributed by atoms with Gasteiger partial charge in [0.1, 0.15) is 8.07 Å². The molecule has 0 spiro atoms. The summed E-state index contributed by atoms with van der Waals surface area (Å²) >= 11 is 0. The predicted molar refractivity (Wildman–Crippen MR) is 113 cm³/mol. The molecule has 2 aromatic carbocycles. The number of benzene rings is 2. The number of anilines is 2. The molecule has 0 bridgehead atoms. The zero-order valence-electron chi connectivity index (χ0n) is 15.3. The van der Waals surface area contributed by atoms with Gasteiger partial charge in [-0.05, 0) is 57.4 Å². The molecule has 2 aliphatic rings. The average Bonchev–Trinajstić information content (AvgIpc) is 2.63. The van der Waals surface area contributed by atoms with Crippen LogP contribution in [0.2, 0.25) is 13.1 Å². The summed E-state index contributed by atoms with van der Waals surface area (Å²) in [6.45, 7) is 4.70. The SMILES string of the molecule is CNc1ccc2c(c1)[Si](C)(C)c1cc(N)ccc1C2=C1C=CC=CC1=O. The van der Waals surface area contributed by atoms with E-state index in [1.54, 1.807) is 12.2 Å². The molecule has 3 N–H and O–H groups in total. The lowest BCUT2D eigenvalue weighted by atomic mass is 9.88. The molecule has 1 aliphatic heterocycles. The second-order valence-electron chi connectivity index (χ2n) is 7.31. The van der Waals surface area contributed by atoms with Gasteiger partial charge in [-0.1, -0.05) is 43.5 Å². The van der Waals surface area contributed by atoms with E-state index in [9.17, 15) is 4.79 Å². The standard InChI is InChI=1S/C22H22N2OSi/c1-24-15-9-11-18-21(13-15)26(2,3)20-12-14(23)8-10-17(20)22(18)16-6-4-5-7-19(16)25/h4-13,24H,23H2,1-3H3. The van der Waals surface area contributed by atoms with Gasteiger partial charge in [-0.2, -0.15) is 0 Å². The van der Waals surface area contributed by atoms with Crippen LogP contribution < -0.4 is 21.4 Å². The number of nitrogen functional groups attached to an aromatic ring is 1. The molecule has 1 heterocycles. The Hall–Kier alpha value is -2.85. The third kappa shape index (κ3) is 2.37. The van der Waals surface area contributed by atoms with Crippen molar-refractivity contribution in [1.82, 2.24) is 0 Å². The minimum absolute atomic E-state index is 0.0512. The molecule has 2 aromatic rings. The largest absolute Gasteiger partial charge is 0.399 e. The first-order chi connectivity index (χ1) is 12.4. The summed E-state index contributed by atoms with van der Waals surface area (Å²) in [5.41, 5.74) is 12.1. The van der Waals surface area contributed by atoms with Crippen molar-refractivity contribution < 1.29 is 4.79 Å². The Balaban J connectivity index is 2.12. The van der Waals surface area contributed by atoms with Gasteiger partial charge in [0, 0.05) is 24.0 Å². The van der Waals surface area contributed by atoms with Crippen LogP contribution in [0.4, 0.5) is 11.4 Å². The molecule has 0 amide bonds. The fraction of sp³-hybridized carbons (Fsp3) is 0.136. The second kappa shape index (κ2) is 5.85. The molecule has 0 saturated heterocycles. The van der Waals surface area contributed by atoms with Crippen molar-refractivity contribution in [3.05, 3.63) is 77.4 Å². The van der Waals surface area contributed by atoms with Crippen molar-refractivity contribution in [2.45, 2.75) is 13.1 Å². The summed E-state index contributed by atoms with van der Waals surface area (Å²) in [6, 6.07) is 12.6. The minimum Gasteiger partial charge on any atom is -0.399 e. The maximum Gasteiger partial charge on any atom is 0.186 e. The molecule has 0 atom stereocenters. The molecule has 3 nitrogen and oxygen atoms in total. The van der Waals surface area contributed by atoms with Crippen molar-refractivity contribution in [3.8, 4) is 0 Å². The van der Waals surface area contributed by atoms with Crippen molar-refractivity contribution in [1.29, 1.82) is 0 Å². The summed E-state index contributed by atoms with van der Waals surface area (Å²) in [4.78, 5) is 12.6. The summed E-state index contributed by atoms with van der Waals surface area (Å²) < 4.78 is 0. The zero-order valence-corrected chi connectivity index (χ0v) is 16.3. The Morgan fingerprint density at radius 1 is 0.923 bits per heavy atom. The van der Waals surface area contributed by atoms with E-state index in [0.29, 0.717) is 0 Å². The molecule has 0 radical (unpaired) electrons. The Kier molecular flexibility index (Phi) is 3.74. The van der Waals surface area contributed by atoms with Gasteiger partial charge in [-0.3, -0.25) is 4.79 Å². The van der Waals surface area contributed by atoms with Crippen LogP contribution in [0.1, 0.15) is 11.1 Å². The fourth-order valence-electron chi connectivity index (χ4n) is 3.99. The number of hydrogen-bond donors (Lipinski definition) is 2. The highest BCUT2D eigenvalue weighted by molar-refractivity contribution is 7.02. The highest BCUT2D eigenvalue weighted by Gasteiger charge is 2.38. The first kappa shape index (κ1) is 16.6. The van der Waals surface area contributed by atoms with Crippen LogP contribution >= 0.6 is 0 Å². The van der Waals surface area contributed by atoms with Gasteiger partial charge in [0.25, 0.3) is 0 Å². The number of fused-ring (bicyclic) bond motifs is 2. The second-order valence-corrected chi connectivity index (χ2v) is 11.6. The molecule has 0 unspecified atom stereocenters. The molecule has 0 saturated carbocycles. The number of carbonyl (C=O) groups is 1. The summed E-state index contributed by atoms with van der Waals surface area (Å²) in [6.07, 6.45) is 7.29. The molecule has 0 fully saturated rings. The van der Waals surface area contributed by atoms with E-state index in [1.165, 1.54) is 15.9 Å². The third-order valence-corrected chi connectivity index (χ3v) is 8.91. The summed E-state index contributed by atoms with van der Waals surface area (Å²) in [7, 11) is -0.0126. The normalized spacial score (nSPS) is 19.9. The van der Waals surface area contributed by atoms with E-state index >= 15 is 0 Å². The van der Waals surface area contributed by atoms with Crippen molar-refractivity contribution in [2.75, 3.05) is 18.1 Å². The predicted octanol–water partition coefficient (Wildman–Crippen LogP) is 2.94. The smallest absolute Gasteiger partial charge is 0.186 e. The van der Waals surface area contributed by atoms with Crippen LogP contribution in [-0.2, 0) is 4.79 Å². The maximum absolute atomic E-state index is 12.6. The number of nitrogens with two attached hydrogens (primary N) is 1. The number of carbonyl (C=O) groups excluding carboxylic acids is 1. The lowest BCUT2D eigenvalue weighted by Gasteiger charge is -2.36. The van der Waals surface area contributed by atoms with Crippen LogP contribution in [0.25, 0.3) is 5.57 Å². The average molecular weight is 359 g/mol. The summed E-state index contributed by atoms with van der Waals surface area (Å²) in [5, 5.41) is 5.87. The quantitative estimate of drug-likeness (QED) is 0.468. The number of nitrogens with one attached hydrogen (secondary N) is 1. The lowest BCUT2D eigenvalue weighted by Crippen LogP contribution is -2.58. The molecule has 0 aromatic heterocycles. The Morgan fingerprint density at radius 2 is 1.58 bits per heavy atom. The fourth-order valence-corrected chi connectivity index (χ4v) is 7.08. The molecular formula is C22H22N2OSi. The van der Waals surface area contributed by atoms with E-state index in [2.05, 4.69) is 48.7 Å². The molecule has 4 rings (SSSR count). The van der Waals surface area contributed by atoms with E-state index < -0.39 is 8.07 Å². The number of hydrogen-bond acceptors (Lipinski definition) is 3. The van der Waals surface area contributed by atoms with E-state index in [1.807, 2.05) is 25.3 Å². The minimum atomic E-state index is -1.95.